The van der Waals surface area contributed by atoms with Crippen molar-refractivity contribution in [2.24, 2.45) is 0 Å². The van der Waals surface area contributed by atoms with Gasteiger partial charge in [-0.25, -0.2) is 0 Å². The second-order valence-corrected chi connectivity index (χ2v) is 6.57. The minimum atomic E-state index is -0.594. The predicted octanol–water partition coefficient (Wildman–Crippen LogP) is 1.87. The van der Waals surface area contributed by atoms with E-state index >= 15 is 0 Å². The van der Waals surface area contributed by atoms with E-state index in [1.54, 1.807) is 0 Å². The van der Waals surface area contributed by atoms with Gasteiger partial charge in [0.2, 0.25) is 17.2 Å². The molecule has 2 fully saturated rings. The molecular weight excluding hydrogens is 290 g/mol. The highest BCUT2D eigenvalue weighted by Crippen LogP contribution is 2.25. The fraction of sp³-hybridized carbons (Fsp3) is 0.786. The molecule has 1 unspecified atom stereocenters. The second kappa shape index (κ2) is 5.93. The van der Waals surface area contributed by atoms with Gasteiger partial charge in [0.25, 0.3) is 0 Å². The summed E-state index contributed by atoms with van der Waals surface area (Å²) in [6, 6.07) is 0. The highest BCUT2D eigenvalue weighted by molar-refractivity contribution is 6.28. The topological polar surface area (TPSA) is 65.4 Å². The van der Waals surface area contributed by atoms with Crippen LogP contribution in [-0.4, -0.2) is 51.8 Å². The Hall–Kier alpha value is -1.14. The van der Waals surface area contributed by atoms with E-state index in [4.69, 9.17) is 11.6 Å². The summed E-state index contributed by atoms with van der Waals surface area (Å²) in [5, 5.41) is 10.4. The minimum absolute atomic E-state index is 0.248. The molecule has 2 saturated heterocycles. The van der Waals surface area contributed by atoms with Crippen molar-refractivity contribution in [1.29, 1.82) is 0 Å². The molecule has 1 atom stereocenters. The molecule has 1 aromatic heterocycles. The standard InChI is InChI=1S/C14H22ClN5O/c1-14(21)5-4-9-20(10-6-14)13-17-11(15)16-12(18-13)19-7-2-3-8-19/h21H,2-10H2,1H3. The Balaban J connectivity index is 1.81. The molecular formula is C14H22ClN5O. The second-order valence-electron chi connectivity index (χ2n) is 6.24. The number of aromatic nitrogens is 3. The Morgan fingerprint density at radius 3 is 2.14 bits per heavy atom. The van der Waals surface area contributed by atoms with Gasteiger partial charge in [0.05, 0.1) is 5.60 Å². The largest absolute Gasteiger partial charge is 0.390 e. The summed E-state index contributed by atoms with van der Waals surface area (Å²) in [6.07, 6.45) is 4.79. The van der Waals surface area contributed by atoms with Crippen LogP contribution in [0.5, 0.6) is 0 Å². The van der Waals surface area contributed by atoms with E-state index in [9.17, 15) is 5.11 Å². The first-order chi connectivity index (χ1) is 10.0. The number of aliphatic hydroxyl groups is 1. The smallest absolute Gasteiger partial charge is 0.231 e. The van der Waals surface area contributed by atoms with Crippen LogP contribution in [0.2, 0.25) is 5.28 Å². The Kier molecular flexibility index (Phi) is 4.17. The van der Waals surface area contributed by atoms with E-state index < -0.39 is 5.60 Å². The van der Waals surface area contributed by atoms with E-state index in [1.807, 2.05) is 6.92 Å². The molecule has 0 aliphatic carbocycles. The summed E-state index contributed by atoms with van der Waals surface area (Å²) in [4.78, 5) is 17.4. The molecule has 0 amide bonds. The molecule has 0 saturated carbocycles. The van der Waals surface area contributed by atoms with Crippen LogP contribution in [0.3, 0.4) is 0 Å². The van der Waals surface area contributed by atoms with Gasteiger partial charge in [0, 0.05) is 26.2 Å². The van der Waals surface area contributed by atoms with Gasteiger partial charge < -0.3 is 14.9 Å². The number of rotatable bonds is 2. The van der Waals surface area contributed by atoms with Crippen molar-refractivity contribution in [3.8, 4) is 0 Å². The highest BCUT2D eigenvalue weighted by atomic mass is 35.5. The molecule has 0 radical (unpaired) electrons. The molecule has 1 N–H and O–H groups in total. The van der Waals surface area contributed by atoms with Crippen molar-refractivity contribution < 1.29 is 5.11 Å². The zero-order chi connectivity index (χ0) is 14.9. The Morgan fingerprint density at radius 2 is 1.48 bits per heavy atom. The molecule has 0 aromatic carbocycles. The number of anilines is 2. The highest BCUT2D eigenvalue weighted by Gasteiger charge is 2.27. The summed E-state index contributed by atoms with van der Waals surface area (Å²) in [7, 11) is 0. The fourth-order valence-electron chi connectivity index (χ4n) is 2.99. The third kappa shape index (κ3) is 3.55. The van der Waals surface area contributed by atoms with Crippen molar-refractivity contribution in [3.05, 3.63) is 5.28 Å². The predicted molar refractivity (Wildman–Crippen MR) is 83.0 cm³/mol. The van der Waals surface area contributed by atoms with Gasteiger partial charge in [-0.3, -0.25) is 0 Å². The summed E-state index contributed by atoms with van der Waals surface area (Å²) < 4.78 is 0. The first kappa shape index (κ1) is 14.8. The molecule has 1 aromatic rings. The first-order valence-corrected chi connectivity index (χ1v) is 8.05. The van der Waals surface area contributed by atoms with Crippen LogP contribution >= 0.6 is 11.6 Å². The van der Waals surface area contributed by atoms with Crippen molar-refractivity contribution in [1.82, 2.24) is 15.0 Å². The van der Waals surface area contributed by atoms with Crippen molar-refractivity contribution >= 4 is 23.5 Å². The van der Waals surface area contributed by atoms with Crippen molar-refractivity contribution in [2.75, 3.05) is 36.0 Å². The lowest BCUT2D eigenvalue weighted by Crippen LogP contribution is -2.30. The van der Waals surface area contributed by atoms with Gasteiger partial charge in [-0.1, -0.05) is 0 Å². The van der Waals surface area contributed by atoms with Gasteiger partial charge >= 0.3 is 0 Å². The van der Waals surface area contributed by atoms with Gasteiger partial charge in [-0.15, -0.1) is 0 Å². The lowest BCUT2D eigenvalue weighted by Gasteiger charge is -2.23. The monoisotopic (exact) mass is 311 g/mol. The number of hydrogen-bond acceptors (Lipinski definition) is 6. The molecule has 21 heavy (non-hydrogen) atoms. The van der Waals surface area contributed by atoms with Crippen LogP contribution < -0.4 is 9.80 Å². The Labute approximate surface area is 130 Å². The summed E-state index contributed by atoms with van der Waals surface area (Å²) >= 11 is 6.08. The zero-order valence-electron chi connectivity index (χ0n) is 12.4. The van der Waals surface area contributed by atoms with Gasteiger partial charge in [0.1, 0.15) is 0 Å². The molecule has 0 bridgehead atoms. The lowest BCUT2D eigenvalue weighted by molar-refractivity contribution is 0.0481. The number of halogens is 1. The molecule has 116 valence electrons. The van der Waals surface area contributed by atoms with E-state index in [1.165, 1.54) is 12.8 Å². The third-order valence-electron chi connectivity index (χ3n) is 4.32. The number of nitrogens with zero attached hydrogens (tertiary/aromatic N) is 5. The average Bonchev–Trinajstić information content (AvgIpc) is 2.89. The summed E-state index contributed by atoms with van der Waals surface area (Å²) in [6.45, 7) is 5.44. The first-order valence-electron chi connectivity index (χ1n) is 7.67. The molecule has 2 aliphatic heterocycles. The quantitative estimate of drug-likeness (QED) is 0.899. The van der Waals surface area contributed by atoms with Crippen molar-refractivity contribution in [2.45, 2.75) is 44.6 Å². The van der Waals surface area contributed by atoms with Crippen LogP contribution in [0.25, 0.3) is 0 Å². The maximum atomic E-state index is 10.2. The molecule has 7 heteroatoms. The van der Waals surface area contributed by atoms with Crippen LogP contribution in [0.1, 0.15) is 39.0 Å². The van der Waals surface area contributed by atoms with Gasteiger partial charge in [-0.05, 0) is 50.6 Å². The average molecular weight is 312 g/mol. The molecule has 3 heterocycles. The maximum Gasteiger partial charge on any atom is 0.231 e. The van der Waals surface area contributed by atoms with Crippen LogP contribution in [0.15, 0.2) is 0 Å². The van der Waals surface area contributed by atoms with Crippen LogP contribution in [-0.2, 0) is 0 Å². The number of hydrogen-bond donors (Lipinski definition) is 1. The lowest BCUT2D eigenvalue weighted by atomic mass is 9.98. The van der Waals surface area contributed by atoms with Gasteiger partial charge in [-0.2, -0.15) is 15.0 Å². The SMILES string of the molecule is CC1(O)CCCN(c2nc(Cl)nc(N3CCCC3)n2)CC1. The van der Waals surface area contributed by atoms with E-state index in [-0.39, 0.29) is 5.28 Å². The molecule has 2 aliphatic rings. The molecule has 0 spiro atoms. The van der Waals surface area contributed by atoms with Crippen LogP contribution in [0, 0.1) is 0 Å². The van der Waals surface area contributed by atoms with Crippen molar-refractivity contribution in [3.63, 3.8) is 0 Å². The third-order valence-corrected chi connectivity index (χ3v) is 4.49. The van der Waals surface area contributed by atoms with E-state index in [2.05, 4.69) is 24.8 Å². The maximum absolute atomic E-state index is 10.2. The Morgan fingerprint density at radius 1 is 0.905 bits per heavy atom. The van der Waals surface area contributed by atoms with E-state index in [0.717, 1.165) is 45.4 Å². The summed E-state index contributed by atoms with van der Waals surface area (Å²) in [5.41, 5.74) is -0.594. The normalized spacial score (nSPS) is 27.0. The molecule has 6 nitrogen and oxygen atoms in total. The minimum Gasteiger partial charge on any atom is -0.390 e. The van der Waals surface area contributed by atoms with Gasteiger partial charge in [0.15, 0.2) is 0 Å². The summed E-state index contributed by atoms with van der Waals surface area (Å²) in [5.74, 6) is 1.31. The zero-order valence-corrected chi connectivity index (χ0v) is 13.2. The molecule has 3 rings (SSSR count). The fourth-order valence-corrected chi connectivity index (χ4v) is 3.14. The van der Waals surface area contributed by atoms with Crippen LogP contribution in [0.4, 0.5) is 11.9 Å². The van der Waals surface area contributed by atoms with E-state index in [0.29, 0.717) is 11.9 Å². The Bertz CT molecular complexity index is 504.